The van der Waals surface area contributed by atoms with Gasteiger partial charge in [-0.2, -0.15) is 0 Å². The van der Waals surface area contributed by atoms with Crippen molar-refractivity contribution in [3.63, 3.8) is 0 Å². The van der Waals surface area contributed by atoms with E-state index in [1.54, 1.807) is 0 Å². The fraction of sp³-hybridized carbons (Fsp3) is 0.400. The average Bonchev–Trinajstić information content (AvgIpc) is 2.92. The van der Waals surface area contributed by atoms with Crippen molar-refractivity contribution in [3.05, 3.63) is 59.4 Å². The lowest BCUT2D eigenvalue weighted by molar-refractivity contribution is -0.299. The molecule has 0 radical (unpaired) electrons. The number of hydrogen-bond donors (Lipinski definition) is 6. The van der Waals surface area contributed by atoms with E-state index in [1.807, 2.05) is 0 Å². The molecular formula is C25H28O13. The van der Waals surface area contributed by atoms with Gasteiger partial charge in [0, 0.05) is 11.1 Å². The van der Waals surface area contributed by atoms with Gasteiger partial charge in [-0.05, 0) is 36.4 Å². The van der Waals surface area contributed by atoms with E-state index in [0.29, 0.717) is 0 Å². The van der Waals surface area contributed by atoms with Crippen molar-refractivity contribution in [2.24, 2.45) is 0 Å². The minimum atomic E-state index is -1.90. The summed E-state index contributed by atoms with van der Waals surface area (Å²) in [5.41, 5.74) is 0.367. The molecule has 13 nitrogen and oxygen atoms in total. The lowest BCUT2D eigenvalue weighted by Crippen LogP contribution is -2.59. The Morgan fingerprint density at radius 2 is 1.47 bits per heavy atom. The zero-order valence-electron chi connectivity index (χ0n) is 20.4. The third-order valence-electron chi connectivity index (χ3n) is 6.24. The summed E-state index contributed by atoms with van der Waals surface area (Å²) in [5, 5.41) is 59.5. The first-order valence-corrected chi connectivity index (χ1v) is 11.4. The maximum absolute atomic E-state index is 13.1. The fourth-order valence-corrected chi connectivity index (χ4v) is 4.08. The van der Waals surface area contributed by atoms with E-state index in [1.165, 1.54) is 50.6 Å². The van der Waals surface area contributed by atoms with Crippen LogP contribution in [0.3, 0.4) is 0 Å². The molecule has 2 heterocycles. The molecule has 0 aromatic heterocycles. The largest absolute Gasteiger partial charge is 0.504 e. The van der Waals surface area contributed by atoms with Crippen LogP contribution >= 0.6 is 0 Å². The van der Waals surface area contributed by atoms with Crippen molar-refractivity contribution < 1.29 is 63.9 Å². The Morgan fingerprint density at radius 1 is 0.895 bits per heavy atom. The molecule has 0 aliphatic carbocycles. The Morgan fingerprint density at radius 3 is 1.97 bits per heavy atom. The normalized spacial score (nSPS) is 26.6. The number of esters is 1. The van der Waals surface area contributed by atoms with Crippen LogP contribution in [-0.4, -0.2) is 94.7 Å². The smallest absolute Gasteiger partial charge is 0.343 e. The second-order valence-corrected chi connectivity index (χ2v) is 8.55. The van der Waals surface area contributed by atoms with Crippen molar-refractivity contribution in [3.8, 4) is 23.0 Å². The van der Waals surface area contributed by atoms with Crippen molar-refractivity contribution in [1.29, 1.82) is 0 Å². The molecule has 1 saturated heterocycles. The number of phenolic OH excluding ortho intramolecular Hbond substituents is 2. The van der Waals surface area contributed by atoms with E-state index in [2.05, 4.69) is 0 Å². The van der Waals surface area contributed by atoms with Gasteiger partial charge < -0.3 is 59.1 Å². The molecular weight excluding hydrogens is 508 g/mol. The van der Waals surface area contributed by atoms with Crippen LogP contribution in [-0.2, 0) is 29.5 Å². The predicted octanol–water partition coefficient (Wildman–Crippen LogP) is -0.410. The summed E-state index contributed by atoms with van der Waals surface area (Å²) in [6, 6.07) is 8.37. The summed E-state index contributed by atoms with van der Waals surface area (Å²) in [6.45, 7) is -1.14. The molecule has 5 atom stereocenters. The molecule has 1 fully saturated rings. The van der Waals surface area contributed by atoms with E-state index in [0.717, 1.165) is 6.26 Å². The highest BCUT2D eigenvalue weighted by Gasteiger charge is 2.47. The van der Waals surface area contributed by atoms with Gasteiger partial charge in [0.25, 0.3) is 0 Å². The van der Waals surface area contributed by atoms with Crippen molar-refractivity contribution in [1.82, 2.24) is 0 Å². The second kappa shape index (κ2) is 11.0. The molecule has 2 aromatic carbocycles. The highest BCUT2D eigenvalue weighted by molar-refractivity contribution is 5.89. The number of rotatable bonds is 8. The molecule has 6 N–H and O–H groups in total. The van der Waals surface area contributed by atoms with Crippen molar-refractivity contribution in [2.75, 3.05) is 27.4 Å². The Balaban J connectivity index is 1.65. The summed E-state index contributed by atoms with van der Waals surface area (Å²) in [7, 11) is 2.69. The number of aliphatic hydroxyl groups is 4. The summed E-state index contributed by atoms with van der Waals surface area (Å²) in [5.74, 6) is -2.96. The van der Waals surface area contributed by atoms with Crippen molar-refractivity contribution in [2.45, 2.75) is 36.5 Å². The van der Waals surface area contributed by atoms with E-state index in [9.17, 15) is 35.4 Å². The van der Waals surface area contributed by atoms with Gasteiger partial charge in [-0.1, -0.05) is 0 Å². The average molecular weight is 536 g/mol. The molecule has 206 valence electrons. The highest BCUT2D eigenvalue weighted by Crippen LogP contribution is 2.44. The van der Waals surface area contributed by atoms with Gasteiger partial charge in [-0.25, -0.2) is 4.79 Å². The number of carbonyl (C=O) groups excluding carboxylic acids is 1. The molecule has 2 aliphatic rings. The van der Waals surface area contributed by atoms with Crippen LogP contribution in [0.2, 0.25) is 0 Å². The monoisotopic (exact) mass is 536 g/mol. The molecule has 13 heteroatoms. The Bertz CT molecular complexity index is 1140. The SMILES string of the molecule is COc1cc(C2(c3ccc(O)c(OC)c3)OC=C(CO[C@@H]3O[C@H](CO)[C@@H](O)[C@H](O)[C@H]3O)C(=O)O2)ccc1O. The minimum absolute atomic E-state index is 0.0768. The Labute approximate surface area is 216 Å². The number of hydrogen-bond acceptors (Lipinski definition) is 13. The first kappa shape index (κ1) is 27.4. The second-order valence-electron chi connectivity index (χ2n) is 8.55. The summed E-state index contributed by atoms with van der Waals surface area (Å²) >= 11 is 0. The Hall–Kier alpha value is -3.59. The van der Waals surface area contributed by atoms with Crippen LogP contribution in [0, 0.1) is 0 Å². The third kappa shape index (κ3) is 4.95. The van der Waals surface area contributed by atoms with Gasteiger partial charge in [0.05, 0.1) is 33.0 Å². The number of phenols is 2. The van der Waals surface area contributed by atoms with Crippen molar-refractivity contribution >= 4 is 5.97 Å². The molecule has 0 unspecified atom stereocenters. The van der Waals surface area contributed by atoms with Crippen LogP contribution in [0.5, 0.6) is 23.0 Å². The number of aromatic hydroxyl groups is 2. The van der Waals surface area contributed by atoms with E-state index < -0.39 is 55.7 Å². The summed E-state index contributed by atoms with van der Waals surface area (Å²) in [6.07, 6.45) is -6.48. The number of ether oxygens (including phenoxy) is 6. The third-order valence-corrected chi connectivity index (χ3v) is 6.24. The number of benzene rings is 2. The predicted molar refractivity (Wildman–Crippen MR) is 125 cm³/mol. The van der Waals surface area contributed by atoms with Gasteiger partial charge in [0.15, 0.2) is 29.3 Å². The van der Waals surface area contributed by atoms with E-state index in [-0.39, 0.29) is 39.7 Å². The first-order chi connectivity index (χ1) is 18.1. The number of cyclic esters (lactones) is 1. The molecule has 0 amide bonds. The molecule has 4 rings (SSSR count). The zero-order valence-corrected chi connectivity index (χ0v) is 20.4. The molecule has 2 aliphatic heterocycles. The van der Waals surface area contributed by atoms with Crippen LogP contribution in [0.15, 0.2) is 48.2 Å². The van der Waals surface area contributed by atoms with Crippen LogP contribution in [0.4, 0.5) is 0 Å². The standard InChI is InChI=1S/C25H28O13/c1-33-17-7-13(3-5-15(17)27)25(14-4-6-16(28)18(8-14)34-2)36-11-12(23(32)38-25)10-35-24-22(31)21(30)20(29)19(9-26)37-24/h3-8,11,19-22,24,26-31H,9-10H2,1-2H3/t19-,20-,21+,22-,24-/m1/s1. The van der Waals surface area contributed by atoms with Crippen LogP contribution in [0.25, 0.3) is 0 Å². The van der Waals surface area contributed by atoms with Gasteiger partial charge in [-0.15, -0.1) is 0 Å². The molecule has 0 bridgehead atoms. The topological polar surface area (TPSA) is 194 Å². The molecule has 0 saturated carbocycles. The quantitative estimate of drug-likeness (QED) is 0.239. The van der Waals surface area contributed by atoms with Gasteiger partial charge in [0.2, 0.25) is 0 Å². The van der Waals surface area contributed by atoms with Crippen LogP contribution in [0.1, 0.15) is 11.1 Å². The number of carbonyl (C=O) groups is 1. The maximum Gasteiger partial charge on any atom is 0.343 e. The molecule has 38 heavy (non-hydrogen) atoms. The molecule has 0 spiro atoms. The minimum Gasteiger partial charge on any atom is -0.504 e. The van der Waals surface area contributed by atoms with E-state index in [4.69, 9.17) is 28.4 Å². The van der Waals surface area contributed by atoms with Gasteiger partial charge >= 0.3 is 11.8 Å². The highest BCUT2D eigenvalue weighted by atomic mass is 16.7. The fourth-order valence-electron chi connectivity index (χ4n) is 4.08. The van der Waals surface area contributed by atoms with Gasteiger partial charge in [-0.3, -0.25) is 0 Å². The maximum atomic E-state index is 13.1. The lowest BCUT2D eigenvalue weighted by atomic mass is 9.95. The lowest BCUT2D eigenvalue weighted by Gasteiger charge is -2.40. The summed E-state index contributed by atoms with van der Waals surface area (Å²) in [4.78, 5) is 13.1. The van der Waals surface area contributed by atoms with Crippen LogP contribution < -0.4 is 9.47 Å². The number of methoxy groups -OCH3 is 2. The van der Waals surface area contributed by atoms with Gasteiger partial charge in [0.1, 0.15) is 30.7 Å². The summed E-state index contributed by atoms with van der Waals surface area (Å²) < 4.78 is 32.8. The number of aliphatic hydroxyl groups excluding tert-OH is 4. The first-order valence-electron chi connectivity index (χ1n) is 11.4. The molecule has 2 aromatic rings. The van der Waals surface area contributed by atoms with E-state index >= 15 is 0 Å². The zero-order chi connectivity index (χ0) is 27.6. The Kier molecular flexibility index (Phi) is 7.97.